The molecule has 134 valence electrons. The maximum atomic E-state index is 13.3. The van der Waals surface area contributed by atoms with Gasteiger partial charge < -0.3 is 0 Å². The van der Waals surface area contributed by atoms with Crippen molar-refractivity contribution < 1.29 is 8.42 Å². The molecular formula is C21H20ClNO2S. The van der Waals surface area contributed by atoms with E-state index in [1.807, 2.05) is 44.2 Å². The number of sulfonamides is 1. The molecule has 3 aromatic rings. The van der Waals surface area contributed by atoms with Crippen LogP contribution in [0.15, 0.2) is 77.7 Å². The molecule has 0 amide bonds. The number of hydrogen-bond acceptors (Lipinski definition) is 2. The van der Waals surface area contributed by atoms with Gasteiger partial charge in [0, 0.05) is 5.02 Å². The SMILES string of the molecule is Cc1ccc(N(Cc2ccc(Cl)cc2)S(=O)(=O)c2ccccc2)cc1C. The lowest BCUT2D eigenvalue weighted by molar-refractivity contribution is 0.590. The van der Waals surface area contributed by atoms with Gasteiger partial charge >= 0.3 is 0 Å². The van der Waals surface area contributed by atoms with Crippen LogP contribution in [0.5, 0.6) is 0 Å². The van der Waals surface area contributed by atoms with Crippen LogP contribution in [0, 0.1) is 13.8 Å². The van der Waals surface area contributed by atoms with Crippen LogP contribution < -0.4 is 4.31 Å². The molecule has 3 aromatic carbocycles. The summed E-state index contributed by atoms with van der Waals surface area (Å²) in [5, 5.41) is 0.623. The summed E-state index contributed by atoms with van der Waals surface area (Å²) in [5.41, 5.74) is 3.68. The fourth-order valence-electron chi connectivity index (χ4n) is 2.67. The van der Waals surface area contributed by atoms with Gasteiger partial charge in [0.2, 0.25) is 0 Å². The van der Waals surface area contributed by atoms with Crippen LogP contribution in [-0.2, 0) is 16.6 Å². The van der Waals surface area contributed by atoms with Gasteiger partial charge in [0.05, 0.1) is 17.1 Å². The van der Waals surface area contributed by atoms with E-state index in [0.29, 0.717) is 10.7 Å². The average Bonchev–Trinajstić information content (AvgIpc) is 2.64. The number of rotatable bonds is 5. The summed E-state index contributed by atoms with van der Waals surface area (Å²) in [4.78, 5) is 0.271. The van der Waals surface area contributed by atoms with Crippen molar-refractivity contribution in [3.05, 3.63) is 94.5 Å². The van der Waals surface area contributed by atoms with Gasteiger partial charge in [-0.3, -0.25) is 4.31 Å². The molecule has 0 radical (unpaired) electrons. The normalized spacial score (nSPS) is 11.3. The molecule has 0 aromatic heterocycles. The van der Waals surface area contributed by atoms with Gasteiger partial charge in [0.25, 0.3) is 10.0 Å². The quantitative estimate of drug-likeness (QED) is 0.593. The van der Waals surface area contributed by atoms with E-state index in [1.165, 1.54) is 4.31 Å². The van der Waals surface area contributed by atoms with Crippen LogP contribution in [0.3, 0.4) is 0 Å². The number of halogens is 1. The number of anilines is 1. The van der Waals surface area contributed by atoms with Gasteiger partial charge in [0.15, 0.2) is 0 Å². The highest BCUT2D eigenvalue weighted by Gasteiger charge is 2.25. The summed E-state index contributed by atoms with van der Waals surface area (Å²) in [6.45, 7) is 4.22. The minimum Gasteiger partial charge on any atom is -0.262 e. The Balaban J connectivity index is 2.09. The summed E-state index contributed by atoms with van der Waals surface area (Å²) in [5.74, 6) is 0. The average molecular weight is 386 g/mol. The Morgan fingerprint density at radius 3 is 2.12 bits per heavy atom. The third-order valence-corrected chi connectivity index (χ3v) is 6.39. The predicted molar refractivity (Wildman–Crippen MR) is 107 cm³/mol. The zero-order chi connectivity index (χ0) is 18.7. The van der Waals surface area contributed by atoms with Gasteiger partial charge in [-0.2, -0.15) is 0 Å². The Hall–Kier alpha value is -2.30. The lowest BCUT2D eigenvalue weighted by Crippen LogP contribution is -2.30. The van der Waals surface area contributed by atoms with E-state index in [0.717, 1.165) is 16.7 Å². The molecule has 0 spiro atoms. The molecule has 26 heavy (non-hydrogen) atoms. The van der Waals surface area contributed by atoms with Crippen molar-refractivity contribution in [3.63, 3.8) is 0 Å². The number of hydrogen-bond donors (Lipinski definition) is 0. The Morgan fingerprint density at radius 2 is 1.50 bits per heavy atom. The molecule has 0 N–H and O–H groups in total. The second kappa shape index (κ2) is 7.52. The fraction of sp³-hybridized carbons (Fsp3) is 0.143. The molecule has 0 saturated heterocycles. The smallest absolute Gasteiger partial charge is 0.262 e. The van der Waals surface area contributed by atoms with Crippen molar-refractivity contribution in [1.29, 1.82) is 0 Å². The molecular weight excluding hydrogens is 366 g/mol. The maximum Gasteiger partial charge on any atom is 0.264 e. The van der Waals surface area contributed by atoms with Crippen molar-refractivity contribution in [2.24, 2.45) is 0 Å². The van der Waals surface area contributed by atoms with Gasteiger partial charge in [-0.15, -0.1) is 0 Å². The van der Waals surface area contributed by atoms with E-state index in [9.17, 15) is 8.42 Å². The van der Waals surface area contributed by atoms with Crippen LogP contribution in [-0.4, -0.2) is 8.42 Å². The topological polar surface area (TPSA) is 37.4 Å². The summed E-state index contributed by atoms with van der Waals surface area (Å²) in [7, 11) is -3.69. The van der Waals surface area contributed by atoms with E-state index in [-0.39, 0.29) is 11.4 Å². The lowest BCUT2D eigenvalue weighted by atomic mass is 10.1. The molecule has 0 aliphatic heterocycles. The molecule has 0 fully saturated rings. The molecule has 0 atom stereocenters. The Bertz CT molecular complexity index is 1000. The molecule has 0 saturated carbocycles. The standard InChI is InChI=1S/C21H20ClNO2S/c1-16-8-13-20(14-17(16)2)23(15-18-9-11-19(22)12-10-18)26(24,25)21-6-4-3-5-7-21/h3-14H,15H2,1-2H3. The van der Waals surface area contributed by atoms with Crippen molar-refractivity contribution in [3.8, 4) is 0 Å². The Morgan fingerprint density at radius 1 is 0.846 bits per heavy atom. The minimum atomic E-state index is -3.69. The van der Waals surface area contributed by atoms with Crippen LogP contribution in [0.4, 0.5) is 5.69 Å². The van der Waals surface area contributed by atoms with E-state index >= 15 is 0 Å². The Labute approximate surface area is 159 Å². The first-order chi connectivity index (χ1) is 12.4. The van der Waals surface area contributed by atoms with Gasteiger partial charge in [0.1, 0.15) is 0 Å². The summed E-state index contributed by atoms with van der Waals surface area (Å²) >= 11 is 5.96. The zero-order valence-corrected chi connectivity index (χ0v) is 16.3. The molecule has 5 heteroatoms. The highest BCUT2D eigenvalue weighted by Crippen LogP contribution is 2.28. The van der Waals surface area contributed by atoms with E-state index in [1.54, 1.807) is 42.5 Å². The third kappa shape index (κ3) is 3.92. The molecule has 0 aliphatic rings. The van der Waals surface area contributed by atoms with Crippen LogP contribution >= 0.6 is 11.6 Å². The molecule has 0 aliphatic carbocycles. The van der Waals surface area contributed by atoms with E-state index in [4.69, 9.17) is 11.6 Å². The number of benzene rings is 3. The highest BCUT2D eigenvalue weighted by atomic mass is 35.5. The molecule has 0 unspecified atom stereocenters. The molecule has 0 bridgehead atoms. The first-order valence-electron chi connectivity index (χ1n) is 8.27. The molecule has 3 rings (SSSR count). The maximum absolute atomic E-state index is 13.3. The highest BCUT2D eigenvalue weighted by molar-refractivity contribution is 7.92. The largest absolute Gasteiger partial charge is 0.264 e. The lowest BCUT2D eigenvalue weighted by Gasteiger charge is -2.25. The van der Waals surface area contributed by atoms with E-state index < -0.39 is 10.0 Å². The first kappa shape index (κ1) is 18.5. The van der Waals surface area contributed by atoms with Crippen molar-refractivity contribution in [2.45, 2.75) is 25.3 Å². The van der Waals surface area contributed by atoms with Gasteiger partial charge in [-0.1, -0.05) is 48.0 Å². The monoisotopic (exact) mass is 385 g/mol. The second-order valence-corrected chi connectivity index (χ2v) is 8.52. The van der Waals surface area contributed by atoms with Crippen molar-refractivity contribution in [2.75, 3.05) is 4.31 Å². The summed E-state index contributed by atoms with van der Waals surface area (Å²) in [6.07, 6.45) is 0. The second-order valence-electron chi connectivity index (χ2n) is 6.22. The van der Waals surface area contributed by atoms with Gasteiger partial charge in [-0.05, 0) is 66.9 Å². The molecule has 3 nitrogen and oxygen atoms in total. The Kier molecular flexibility index (Phi) is 5.35. The van der Waals surface area contributed by atoms with E-state index in [2.05, 4.69) is 0 Å². The van der Waals surface area contributed by atoms with Crippen molar-refractivity contribution in [1.82, 2.24) is 0 Å². The predicted octanol–water partition coefficient (Wildman–Crippen LogP) is 5.35. The third-order valence-electron chi connectivity index (χ3n) is 4.35. The first-order valence-corrected chi connectivity index (χ1v) is 10.1. The van der Waals surface area contributed by atoms with Crippen molar-refractivity contribution >= 4 is 27.3 Å². The number of aryl methyl sites for hydroxylation is 2. The van der Waals surface area contributed by atoms with Crippen LogP contribution in [0.2, 0.25) is 5.02 Å². The minimum absolute atomic E-state index is 0.233. The van der Waals surface area contributed by atoms with Crippen LogP contribution in [0.1, 0.15) is 16.7 Å². The van der Waals surface area contributed by atoms with Crippen LogP contribution in [0.25, 0.3) is 0 Å². The number of nitrogens with zero attached hydrogens (tertiary/aromatic N) is 1. The molecule has 0 heterocycles. The summed E-state index contributed by atoms with van der Waals surface area (Å²) < 4.78 is 28.0. The summed E-state index contributed by atoms with van der Waals surface area (Å²) in [6, 6.07) is 21.4. The van der Waals surface area contributed by atoms with Gasteiger partial charge in [-0.25, -0.2) is 8.42 Å². The zero-order valence-electron chi connectivity index (χ0n) is 14.7. The fourth-order valence-corrected chi connectivity index (χ4v) is 4.26.